The molecule has 0 radical (unpaired) electrons. The van der Waals surface area contributed by atoms with Crippen LogP contribution in [0.5, 0.6) is 5.75 Å². The van der Waals surface area contributed by atoms with Crippen LogP contribution in [0.15, 0.2) is 42.9 Å². The molecule has 6 nitrogen and oxygen atoms in total. The number of phenols is 1. The highest BCUT2D eigenvalue weighted by Gasteiger charge is 2.22. The average molecular weight is 284 g/mol. The molecule has 0 saturated carbocycles. The molecule has 1 fully saturated rings. The summed E-state index contributed by atoms with van der Waals surface area (Å²) in [6, 6.07) is 6.45. The van der Waals surface area contributed by atoms with E-state index in [1.54, 1.807) is 41.7 Å². The maximum atomic E-state index is 12.4. The highest BCUT2D eigenvalue weighted by molar-refractivity contribution is 5.94. The lowest BCUT2D eigenvalue weighted by Crippen LogP contribution is -2.49. The first kappa shape index (κ1) is 13.4. The molecule has 2 heterocycles. The summed E-state index contributed by atoms with van der Waals surface area (Å²) in [4.78, 5) is 24.6. The summed E-state index contributed by atoms with van der Waals surface area (Å²) in [7, 11) is 0. The molecule has 1 aliphatic heterocycles. The van der Waals surface area contributed by atoms with E-state index >= 15 is 0 Å². The summed E-state index contributed by atoms with van der Waals surface area (Å²) in [5.74, 6) is 0.894. The van der Waals surface area contributed by atoms with E-state index in [4.69, 9.17) is 0 Å². The molecular formula is C15H16N4O2. The van der Waals surface area contributed by atoms with Gasteiger partial charge in [-0.05, 0) is 18.2 Å². The van der Waals surface area contributed by atoms with E-state index in [0.717, 1.165) is 18.9 Å². The quantitative estimate of drug-likeness (QED) is 0.895. The van der Waals surface area contributed by atoms with Crippen molar-refractivity contribution >= 4 is 11.7 Å². The van der Waals surface area contributed by atoms with Crippen LogP contribution in [0.25, 0.3) is 0 Å². The first-order valence-corrected chi connectivity index (χ1v) is 6.83. The molecule has 108 valence electrons. The van der Waals surface area contributed by atoms with Gasteiger partial charge in [0.05, 0.1) is 6.20 Å². The number of carbonyl (C=O) groups is 1. The topological polar surface area (TPSA) is 69.6 Å². The summed E-state index contributed by atoms with van der Waals surface area (Å²) in [5.41, 5.74) is 0.517. The van der Waals surface area contributed by atoms with Gasteiger partial charge < -0.3 is 14.9 Å². The van der Waals surface area contributed by atoms with Gasteiger partial charge in [0.2, 0.25) is 0 Å². The van der Waals surface area contributed by atoms with Gasteiger partial charge in [0.25, 0.3) is 5.91 Å². The predicted molar refractivity (Wildman–Crippen MR) is 78.3 cm³/mol. The van der Waals surface area contributed by atoms with E-state index < -0.39 is 0 Å². The molecule has 1 N–H and O–H groups in total. The van der Waals surface area contributed by atoms with E-state index in [1.165, 1.54) is 6.07 Å². The molecule has 6 heteroatoms. The zero-order valence-corrected chi connectivity index (χ0v) is 11.5. The Morgan fingerprint density at radius 1 is 1.14 bits per heavy atom. The van der Waals surface area contributed by atoms with Gasteiger partial charge in [-0.3, -0.25) is 9.78 Å². The Balaban J connectivity index is 1.64. The zero-order chi connectivity index (χ0) is 14.7. The molecule has 1 amide bonds. The third kappa shape index (κ3) is 2.94. The summed E-state index contributed by atoms with van der Waals surface area (Å²) in [5, 5.41) is 9.46. The molecule has 0 atom stereocenters. The van der Waals surface area contributed by atoms with Gasteiger partial charge in [-0.1, -0.05) is 6.07 Å². The van der Waals surface area contributed by atoms with Crippen molar-refractivity contribution in [2.75, 3.05) is 31.1 Å². The molecule has 2 aromatic rings. The molecule has 0 bridgehead atoms. The van der Waals surface area contributed by atoms with Crippen molar-refractivity contribution in [1.29, 1.82) is 0 Å². The van der Waals surface area contributed by atoms with Crippen LogP contribution in [0.3, 0.4) is 0 Å². The number of anilines is 1. The van der Waals surface area contributed by atoms with E-state index in [-0.39, 0.29) is 11.7 Å². The molecule has 0 spiro atoms. The van der Waals surface area contributed by atoms with Crippen LogP contribution in [-0.2, 0) is 0 Å². The van der Waals surface area contributed by atoms with Crippen molar-refractivity contribution in [3.8, 4) is 5.75 Å². The second-order valence-corrected chi connectivity index (χ2v) is 4.89. The summed E-state index contributed by atoms with van der Waals surface area (Å²) < 4.78 is 0. The van der Waals surface area contributed by atoms with Gasteiger partial charge in [0, 0.05) is 44.1 Å². The van der Waals surface area contributed by atoms with Gasteiger partial charge in [0.1, 0.15) is 11.6 Å². The number of rotatable bonds is 2. The molecule has 0 aliphatic carbocycles. The number of aromatic hydroxyl groups is 1. The minimum Gasteiger partial charge on any atom is -0.508 e. The Bertz CT molecular complexity index is 625. The van der Waals surface area contributed by atoms with E-state index in [1.807, 2.05) is 0 Å². The normalized spacial score (nSPS) is 15.0. The van der Waals surface area contributed by atoms with Crippen LogP contribution in [0.1, 0.15) is 10.4 Å². The molecule has 1 aromatic carbocycles. The number of nitrogens with zero attached hydrogens (tertiary/aromatic N) is 4. The van der Waals surface area contributed by atoms with E-state index in [2.05, 4.69) is 14.9 Å². The third-order valence-electron chi connectivity index (χ3n) is 3.53. The maximum absolute atomic E-state index is 12.4. The molecule has 3 rings (SSSR count). The summed E-state index contributed by atoms with van der Waals surface area (Å²) in [6.45, 7) is 2.71. The monoisotopic (exact) mass is 284 g/mol. The smallest absolute Gasteiger partial charge is 0.254 e. The van der Waals surface area contributed by atoms with Crippen molar-refractivity contribution in [1.82, 2.24) is 14.9 Å². The van der Waals surface area contributed by atoms with Crippen LogP contribution in [0, 0.1) is 0 Å². The second-order valence-electron chi connectivity index (χ2n) is 4.89. The largest absolute Gasteiger partial charge is 0.508 e. The van der Waals surface area contributed by atoms with E-state index in [9.17, 15) is 9.90 Å². The lowest BCUT2D eigenvalue weighted by Gasteiger charge is -2.35. The average Bonchev–Trinajstić information content (AvgIpc) is 2.55. The fourth-order valence-electron chi connectivity index (χ4n) is 2.41. The predicted octanol–water partition coefficient (Wildman–Crippen LogP) is 1.14. The lowest BCUT2D eigenvalue weighted by atomic mass is 10.1. The number of piperazine rings is 1. The van der Waals surface area contributed by atoms with Gasteiger partial charge >= 0.3 is 0 Å². The highest BCUT2D eigenvalue weighted by Crippen LogP contribution is 2.16. The summed E-state index contributed by atoms with van der Waals surface area (Å²) >= 11 is 0. The summed E-state index contributed by atoms with van der Waals surface area (Å²) in [6.07, 6.45) is 5.04. The Morgan fingerprint density at radius 3 is 2.62 bits per heavy atom. The number of hydrogen-bond donors (Lipinski definition) is 1. The van der Waals surface area contributed by atoms with Crippen LogP contribution in [0.4, 0.5) is 5.82 Å². The van der Waals surface area contributed by atoms with Gasteiger partial charge in [-0.15, -0.1) is 0 Å². The Labute approximate surface area is 122 Å². The minimum atomic E-state index is -0.0512. The number of amides is 1. The molecule has 1 aliphatic rings. The third-order valence-corrected chi connectivity index (χ3v) is 3.53. The van der Waals surface area contributed by atoms with Crippen molar-refractivity contribution < 1.29 is 9.90 Å². The number of carbonyl (C=O) groups excluding carboxylic acids is 1. The number of benzene rings is 1. The standard InChI is InChI=1S/C15H16N4O2/c20-13-3-1-2-12(10-13)15(21)19-8-6-18(7-9-19)14-11-16-4-5-17-14/h1-5,10-11,20H,6-9H2. The SMILES string of the molecule is O=C(c1cccc(O)c1)N1CCN(c2cnccn2)CC1. The van der Waals surface area contributed by atoms with E-state index in [0.29, 0.717) is 18.7 Å². The van der Waals surface area contributed by atoms with Crippen LogP contribution >= 0.6 is 0 Å². The number of hydrogen-bond acceptors (Lipinski definition) is 5. The van der Waals surface area contributed by atoms with Gasteiger partial charge in [-0.2, -0.15) is 0 Å². The first-order valence-electron chi connectivity index (χ1n) is 6.83. The fraction of sp³-hybridized carbons (Fsp3) is 0.267. The van der Waals surface area contributed by atoms with Crippen LogP contribution < -0.4 is 4.90 Å². The fourth-order valence-corrected chi connectivity index (χ4v) is 2.41. The first-order chi connectivity index (χ1) is 10.2. The lowest BCUT2D eigenvalue weighted by molar-refractivity contribution is 0.0746. The minimum absolute atomic E-state index is 0.0512. The molecule has 21 heavy (non-hydrogen) atoms. The molecule has 1 aromatic heterocycles. The van der Waals surface area contributed by atoms with Crippen molar-refractivity contribution in [3.05, 3.63) is 48.4 Å². The number of phenolic OH excluding ortho intramolecular Hbond substituents is 1. The maximum Gasteiger partial charge on any atom is 0.254 e. The molecular weight excluding hydrogens is 268 g/mol. The van der Waals surface area contributed by atoms with Crippen molar-refractivity contribution in [2.24, 2.45) is 0 Å². The Hall–Kier alpha value is -2.63. The van der Waals surface area contributed by atoms with Crippen molar-refractivity contribution in [3.63, 3.8) is 0 Å². The van der Waals surface area contributed by atoms with Crippen LogP contribution in [0.2, 0.25) is 0 Å². The van der Waals surface area contributed by atoms with Crippen molar-refractivity contribution in [2.45, 2.75) is 0 Å². The molecule has 1 saturated heterocycles. The highest BCUT2D eigenvalue weighted by atomic mass is 16.3. The number of aromatic nitrogens is 2. The Morgan fingerprint density at radius 2 is 1.95 bits per heavy atom. The molecule has 0 unspecified atom stereocenters. The van der Waals surface area contributed by atoms with Gasteiger partial charge in [-0.25, -0.2) is 4.98 Å². The Kier molecular flexibility index (Phi) is 3.68. The van der Waals surface area contributed by atoms with Gasteiger partial charge in [0.15, 0.2) is 0 Å². The second kappa shape index (κ2) is 5.78. The van der Waals surface area contributed by atoms with Crippen LogP contribution in [-0.4, -0.2) is 52.1 Å². The zero-order valence-electron chi connectivity index (χ0n) is 11.5.